The molecule has 2 aliphatic heterocycles. The van der Waals surface area contributed by atoms with Gasteiger partial charge in [0.25, 0.3) is 0 Å². The summed E-state index contributed by atoms with van der Waals surface area (Å²) in [5.74, 6) is 1.74. The van der Waals surface area contributed by atoms with Gasteiger partial charge in [0.05, 0.1) is 11.8 Å². The molecule has 4 aromatic rings. The maximum Gasteiger partial charge on any atom is 0.214 e. The molecule has 0 spiro atoms. The summed E-state index contributed by atoms with van der Waals surface area (Å²) >= 11 is 0. The van der Waals surface area contributed by atoms with Crippen LogP contribution >= 0.6 is 0 Å². The van der Waals surface area contributed by atoms with Crippen molar-refractivity contribution in [3.63, 3.8) is 0 Å². The van der Waals surface area contributed by atoms with Gasteiger partial charge in [-0.2, -0.15) is 5.10 Å². The monoisotopic (exact) mass is 432 g/mol. The number of para-hydroxylation sites is 1. The first-order valence-electron chi connectivity index (χ1n) is 11.3. The number of fused-ring (bicyclic) bond motifs is 3. The Morgan fingerprint density at radius 1 is 0.818 bits per heavy atom. The van der Waals surface area contributed by atoms with E-state index in [-0.39, 0.29) is 12.3 Å². The van der Waals surface area contributed by atoms with Crippen molar-refractivity contribution in [1.29, 1.82) is 0 Å². The Hall–Kier alpha value is -4.05. The number of nitrogens with zero attached hydrogens (tertiary/aromatic N) is 2. The van der Waals surface area contributed by atoms with E-state index in [1.807, 2.05) is 42.5 Å². The molecule has 0 amide bonds. The number of ether oxygens (including phenoxy) is 2. The standard InChI is InChI=1S/C29H24N2O2/c1-3-10-21(11-4-1)20-32-24-15-9-14-23(18-24)29-31-27(25-16-7-8-17-28(25)33-29)19-26(30-31)22-12-5-2-6-13-22/h1-18,27,29H,19-20H2. The third-order valence-electron chi connectivity index (χ3n) is 6.20. The Labute approximate surface area is 193 Å². The molecule has 6 rings (SSSR count). The van der Waals surface area contributed by atoms with Gasteiger partial charge in [-0.15, -0.1) is 0 Å². The van der Waals surface area contributed by atoms with Gasteiger partial charge in [0, 0.05) is 17.5 Å². The van der Waals surface area contributed by atoms with Crippen LogP contribution in [0.5, 0.6) is 11.5 Å². The van der Waals surface area contributed by atoms with Crippen LogP contribution in [0.15, 0.2) is 114 Å². The summed E-state index contributed by atoms with van der Waals surface area (Å²) in [6, 6.07) is 37.2. The van der Waals surface area contributed by atoms with E-state index in [4.69, 9.17) is 14.6 Å². The van der Waals surface area contributed by atoms with Gasteiger partial charge in [-0.05, 0) is 29.3 Å². The number of rotatable bonds is 5. The van der Waals surface area contributed by atoms with Gasteiger partial charge in [0.15, 0.2) is 0 Å². The molecule has 2 heterocycles. The van der Waals surface area contributed by atoms with Crippen LogP contribution in [-0.4, -0.2) is 10.7 Å². The van der Waals surface area contributed by atoms with Gasteiger partial charge in [-0.1, -0.05) is 91.0 Å². The fourth-order valence-electron chi connectivity index (χ4n) is 4.56. The van der Waals surface area contributed by atoms with E-state index in [0.29, 0.717) is 6.61 Å². The van der Waals surface area contributed by atoms with Crippen molar-refractivity contribution < 1.29 is 9.47 Å². The van der Waals surface area contributed by atoms with Crippen molar-refractivity contribution in [2.75, 3.05) is 0 Å². The second-order valence-corrected chi connectivity index (χ2v) is 8.37. The SMILES string of the molecule is c1ccc(COc2cccc(C3Oc4ccccc4C4CC(c5ccccc5)=NN43)c2)cc1. The summed E-state index contributed by atoms with van der Waals surface area (Å²) in [5, 5.41) is 7.16. The first kappa shape index (κ1) is 19.6. The van der Waals surface area contributed by atoms with Crippen molar-refractivity contribution in [3.8, 4) is 11.5 Å². The zero-order chi connectivity index (χ0) is 22.0. The summed E-state index contributed by atoms with van der Waals surface area (Å²) in [6.07, 6.45) is 0.539. The average molecular weight is 433 g/mol. The predicted octanol–water partition coefficient (Wildman–Crippen LogP) is 6.51. The zero-order valence-electron chi connectivity index (χ0n) is 18.2. The normalized spacial score (nSPS) is 18.7. The Bertz CT molecular complexity index is 1290. The minimum absolute atomic E-state index is 0.143. The smallest absolute Gasteiger partial charge is 0.214 e. The summed E-state index contributed by atoms with van der Waals surface area (Å²) in [4.78, 5) is 0. The predicted molar refractivity (Wildman–Crippen MR) is 129 cm³/mol. The first-order valence-corrected chi connectivity index (χ1v) is 11.3. The van der Waals surface area contributed by atoms with Gasteiger partial charge in [0.2, 0.25) is 6.23 Å². The highest BCUT2D eigenvalue weighted by Gasteiger charge is 2.40. The molecule has 0 bridgehead atoms. The maximum atomic E-state index is 6.50. The van der Waals surface area contributed by atoms with Crippen molar-refractivity contribution in [3.05, 3.63) is 131 Å². The molecule has 0 aromatic heterocycles. The van der Waals surface area contributed by atoms with E-state index in [1.165, 1.54) is 5.56 Å². The Morgan fingerprint density at radius 2 is 1.58 bits per heavy atom. The quantitative estimate of drug-likeness (QED) is 0.361. The lowest BCUT2D eigenvalue weighted by molar-refractivity contribution is -0.0191. The topological polar surface area (TPSA) is 34.1 Å². The minimum Gasteiger partial charge on any atom is -0.489 e. The van der Waals surface area contributed by atoms with Crippen LogP contribution in [-0.2, 0) is 6.61 Å². The molecule has 4 heteroatoms. The summed E-state index contributed by atoms with van der Waals surface area (Å²) in [6.45, 7) is 0.529. The van der Waals surface area contributed by atoms with Crippen LogP contribution in [0.1, 0.15) is 40.9 Å². The fourth-order valence-corrected chi connectivity index (χ4v) is 4.56. The van der Waals surface area contributed by atoms with Crippen LogP contribution in [0.4, 0.5) is 0 Å². The molecule has 2 unspecified atom stereocenters. The van der Waals surface area contributed by atoms with Gasteiger partial charge in [-0.25, -0.2) is 5.01 Å². The molecule has 162 valence electrons. The molecule has 0 N–H and O–H groups in total. The lowest BCUT2D eigenvalue weighted by atomic mass is 9.96. The van der Waals surface area contributed by atoms with Crippen molar-refractivity contribution in [2.45, 2.75) is 25.3 Å². The molecule has 4 aromatic carbocycles. The lowest BCUT2D eigenvalue weighted by Crippen LogP contribution is -2.33. The minimum atomic E-state index is -0.314. The van der Waals surface area contributed by atoms with E-state index in [0.717, 1.165) is 40.3 Å². The number of hydrogen-bond acceptors (Lipinski definition) is 4. The Kier molecular flexibility index (Phi) is 5.04. The Morgan fingerprint density at radius 3 is 2.42 bits per heavy atom. The zero-order valence-corrected chi connectivity index (χ0v) is 18.2. The van der Waals surface area contributed by atoms with Crippen LogP contribution in [0, 0.1) is 0 Å². The average Bonchev–Trinajstić information content (AvgIpc) is 3.34. The molecule has 2 atom stereocenters. The van der Waals surface area contributed by atoms with Gasteiger partial charge in [-0.3, -0.25) is 0 Å². The second kappa shape index (κ2) is 8.47. The first-order chi connectivity index (χ1) is 16.3. The molecule has 0 fully saturated rings. The number of benzene rings is 4. The Balaban J connectivity index is 1.33. The van der Waals surface area contributed by atoms with Crippen LogP contribution in [0.2, 0.25) is 0 Å². The van der Waals surface area contributed by atoms with Crippen molar-refractivity contribution in [2.24, 2.45) is 5.10 Å². The largest absolute Gasteiger partial charge is 0.489 e. The fraction of sp³-hybridized carbons (Fsp3) is 0.138. The maximum absolute atomic E-state index is 6.50. The molecular formula is C29H24N2O2. The molecule has 0 saturated carbocycles. The van der Waals surface area contributed by atoms with E-state index >= 15 is 0 Å². The molecule has 4 nitrogen and oxygen atoms in total. The third-order valence-corrected chi connectivity index (χ3v) is 6.20. The molecular weight excluding hydrogens is 408 g/mol. The van der Waals surface area contributed by atoms with Crippen LogP contribution in [0.25, 0.3) is 0 Å². The second-order valence-electron chi connectivity index (χ2n) is 8.37. The number of hydrogen-bond donors (Lipinski definition) is 0. The van der Waals surface area contributed by atoms with Crippen molar-refractivity contribution >= 4 is 5.71 Å². The van der Waals surface area contributed by atoms with Crippen LogP contribution < -0.4 is 9.47 Å². The highest BCUT2D eigenvalue weighted by atomic mass is 16.5. The summed E-state index contributed by atoms with van der Waals surface area (Å²) < 4.78 is 12.6. The van der Waals surface area contributed by atoms with E-state index in [9.17, 15) is 0 Å². The van der Waals surface area contributed by atoms with Crippen LogP contribution in [0.3, 0.4) is 0 Å². The lowest BCUT2D eigenvalue weighted by Gasteiger charge is -2.38. The molecule has 2 aliphatic rings. The van der Waals surface area contributed by atoms with Crippen molar-refractivity contribution in [1.82, 2.24) is 5.01 Å². The number of hydrazone groups is 1. The van der Waals surface area contributed by atoms with E-state index in [2.05, 4.69) is 71.7 Å². The van der Waals surface area contributed by atoms with Gasteiger partial charge >= 0.3 is 0 Å². The third kappa shape index (κ3) is 3.85. The van der Waals surface area contributed by atoms with Gasteiger partial charge < -0.3 is 9.47 Å². The van der Waals surface area contributed by atoms with Gasteiger partial charge in [0.1, 0.15) is 18.1 Å². The highest BCUT2D eigenvalue weighted by Crippen LogP contribution is 2.47. The molecule has 0 saturated heterocycles. The molecule has 0 aliphatic carbocycles. The summed E-state index contributed by atoms with van der Waals surface area (Å²) in [5.41, 5.74) is 5.59. The van der Waals surface area contributed by atoms with E-state index in [1.54, 1.807) is 0 Å². The summed E-state index contributed by atoms with van der Waals surface area (Å²) in [7, 11) is 0. The highest BCUT2D eigenvalue weighted by molar-refractivity contribution is 6.01. The van der Waals surface area contributed by atoms with E-state index < -0.39 is 0 Å². The molecule has 33 heavy (non-hydrogen) atoms. The molecule has 0 radical (unpaired) electrons.